The molecule has 1 rings (SSSR count). The monoisotopic (exact) mass is 248 g/mol. The Hall–Kier alpha value is -0.130. The number of hydrogen-bond donors (Lipinski definition) is 1. The molecule has 0 aromatic heterocycles. The Morgan fingerprint density at radius 2 is 1.81 bits per heavy atom. The molecule has 0 bridgehead atoms. The molecular weight excluding hydrogens is 224 g/mol. The zero-order valence-corrected chi connectivity index (χ0v) is 11.4. The molecule has 96 valence electrons. The van der Waals surface area contributed by atoms with E-state index >= 15 is 0 Å². The number of nitrogens with one attached hydrogen (secondary N) is 1. The molecule has 0 spiro atoms. The summed E-state index contributed by atoms with van der Waals surface area (Å²) in [5.74, 6) is 0.590. The Bertz CT molecular complexity index is 293. The minimum atomic E-state index is -2.80. The number of hydrogen-bond acceptors (Lipinski definition) is 4. The summed E-state index contributed by atoms with van der Waals surface area (Å²) in [6, 6.07) is 1.01. The first-order chi connectivity index (χ1) is 7.46. The van der Waals surface area contributed by atoms with E-state index in [1.54, 1.807) is 6.92 Å². The van der Waals surface area contributed by atoms with E-state index in [2.05, 4.69) is 24.1 Å². The van der Waals surface area contributed by atoms with Gasteiger partial charge in [-0.2, -0.15) is 0 Å². The van der Waals surface area contributed by atoms with Gasteiger partial charge in [-0.15, -0.1) is 0 Å². The summed E-state index contributed by atoms with van der Waals surface area (Å²) in [5.41, 5.74) is 0. The van der Waals surface area contributed by atoms with Crippen LogP contribution in [0.15, 0.2) is 0 Å². The first-order valence-corrected chi connectivity index (χ1v) is 7.95. The topological polar surface area (TPSA) is 49.4 Å². The largest absolute Gasteiger partial charge is 0.314 e. The van der Waals surface area contributed by atoms with Gasteiger partial charge < -0.3 is 5.32 Å². The summed E-state index contributed by atoms with van der Waals surface area (Å²) in [6.07, 6.45) is 0.755. The summed E-state index contributed by atoms with van der Waals surface area (Å²) >= 11 is 0. The molecule has 4 nitrogen and oxygen atoms in total. The van der Waals surface area contributed by atoms with Crippen LogP contribution in [-0.4, -0.2) is 56.5 Å². The van der Waals surface area contributed by atoms with Crippen LogP contribution in [-0.2, 0) is 9.84 Å². The highest BCUT2D eigenvalue weighted by Gasteiger charge is 2.24. The average Bonchev–Trinajstić information content (AvgIpc) is 2.22. The van der Waals surface area contributed by atoms with Gasteiger partial charge in [0.25, 0.3) is 0 Å². The van der Waals surface area contributed by atoms with Crippen molar-refractivity contribution in [3.05, 3.63) is 0 Å². The molecule has 1 aliphatic rings. The fourth-order valence-corrected chi connectivity index (χ4v) is 3.08. The molecule has 1 saturated heterocycles. The second-order valence-electron chi connectivity index (χ2n) is 4.68. The maximum atomic E-state index is 11.4. The molecule has 1 aliphatic heterocycles. The number of sulfone groups is 1. The lowest BCUT2D eigenvalue weighted by molar-refractivity contribution is 0.117. The zero-order chi connectivity index (χ0) is 12.2. The van der Waals surface area contributed by atoms with Crippen molar-refractivity contribution in [1.29, 1.82) is 0 Å². The van der Waals surface area contributed by atoms with Crippen molar-refractivity contribution < 1.29 is 8.42 Å². The Kier molecular flexibility index (Phi) is 5.21. The number of rotatable bonds is 5. The van der Waals surface area contributed by atoms with Crippen molar-refractivity contribution in [3.63, 3.8) is 0 Å². The Morgan fingerprint density at radius 1 is 1.25 bits per heavy atom. The molecule has 0 radical (unpaired) electrons. The van der Waals surface area contributed by atoms with Gasteiger partial charge >= 0.3 is 0 Å². The van der Waals surface area contributed by atoms with Crippen molar-refractivity contribution in [3.8, 4) is 0 Å². The summed E-state index contributed by atoms with van der Waals surface area (Å²) in [5, 5.41) is 3.37. The van der Waals surface area contributed by atoms with Crippen LogP contribution in [0.3, 0.4) is 0 Å². The average molecular weight is 248 g/mol. The van der Waals surface area contributed by atoms with Crippen LogP contribution in [0.1, 0.15) is 27.2 Å². The van der Waals surface area contributed by atoms with E-state index in [9.17, 15) is 8.42 Å². The van der Waals surface area contributed by atoms with Crippen molar-refractivity contribution in [2.45, 2.75) is 39.3 Å². The number of nitrogens with zero attached hydrogens (tertiary/aromatic N) is 1. The van der Waals surface area contributed by atoms with Gasteiger partial charge in [0.1, 0.15) is 9.84 Å². The molecule has 0 aromatic rings. The molecule has 0 aliphatic carbocycles. The fraction of sp³-hybridized carbons (Fsp3) is 1.00. The zero-order valence-electron chi connectivity index (χ0n) is 10.6. The molecule has 1 fully saturated rings. The summed E-state index contributed by atoms with van der Waals surface area (Å²) in [4.78, 5) is 2.40. The van der Waals surface area contributed by atoms with Crippen LogP contribution in [0.4, 0.5) is 0 Å². The van der Waals surface area contributed by atoms with Gasteiger partial charge in [0.2, 0.25) is 0 Å². The van der Waals surface area contributed by atoms with Crippen LogP contribution < -0.4 is 5.32 Å². The Balaban J connectivity index is 2.36. The standard InChI is InChI=1S/C11H24N2O2S/c1-4-16(14,15)7-5-6-13-10(2)8-12-9-11(13)3/h10-12H,4-9H2,1-3H3. The van der Waals surface area contributed by atoms with Gasteiger partial charge in [-0.05, 0) is 26.8 Å². The third-order valence-electron chi connectivity index (χ3n) is 3.32. The van der Waals surface area contributed by atoms with Crippen molar-refractivity contribution in [1.82, 2.24) is 10.2 Å². The molecule has 1 heterocycles. The highest BCUT2D eigenvalue weighted by Crippen LogP contribution is 2.10. The van der Waals surface area contributed by atoms with Crippen molar-refractivity contribution in [2.24, 2.45) is 0 Å². The second kappa shape index (κ2) is 5.98. The minimum absolute atomic E-state index is 0.264. The normalized spacial score (nSPS) is 28.2. The lowest BCUT2D eigenvalue weighted by atomic mass is 10.1. The van der Waals surface area contributed by atoms with Crippen LogP contribution in [0.5, 0.6) is 0 Å². The maximum absolute atomic E-state index is 11.4. The predicted octanol–water partition coefficient (Wildman–Crippen LogP) is 0.493. The SMILES string of the molecule is CCS(=O)(=O)CCCN1C(C)CNCC1C. The third kappa shape index (κ3) is 4.03. The molecule has 0 amide bonds. The molecule has 0 aromatic carbocycles. The smallest absolute Gasteiger partial charge is 0.150 e. The molecule has 0 saturated carbocycles. The molecule has 2 atom stereocenters. The van der Waals surface area contributed by atoms with Crippen LogP contribution in [0, 0.1) is 0 Å². The first-order valence-electron chi connectivity index (χ1n) is 6.13. The van der Waals surface area contributed by atoms with Gasteiger partial charge in [0.05, 0.1) is 5.75 Å². The van der Waals surface area contributed by atoms with E-state index in [0.717, 1.165) is 26.1 Å². The van der Waals surface area contributed by atoms with Gasteiger partial charge in [0.15, 0.2) is 0 Å². The Labute approximate surface area is 99.3 Å². The third-order valence-corrected chi connectivity index (χ3v) is 5.11. The molecule has 1 N–H and O–H groups in total. The van der Waals surface area contributed by atoms with Gasteiger partial charge in [0, 0.05) is 30.9 Å². The quantitative estimate of drug-likeness (QED) is 0.769. The van der Waals surface area contributed by atoms with E-state index < -0.39 is 9.84 Å². The highest BCUT2D eigenvalue weighted by atomic mass is 32.2. The molecular formula is C11H24N2O2S. The molecule has 2 unspecified atom stereocenters. The lowest BCUT2D eigenvalue weighted by Crippen LogP contribution is -2.55. The fourth-order valence-electron chi connectivity index (χ4n) is 2.22. The summed E-state index contributed by atoms with van der Waals surface area (Å²) in [7, 11) is -2.80. The first kappa shape index (κ1) is 13.9. The van der Waals surface area contributed by atoms with Gasteiger partial charge in [-0.1, -0.05) is 6.92 Å². The van der Waals surface area contributed by atoms with Crippen LogP contribution in [0.2, 0.25) is 0 Å². The minimum Gasteiger partial charge on any atom is -0.314 e. The van der Waals surface area contributed by atoms with Gasteiger partial charge in [-0.3, -0.25) is 4.90 Å². The van der Waals surface area contributed by atoms with E-state index in [4.69, 9.17) is 0 Å². The maximum Gasteiger partial charge on any atom is 0.150 e. The van der Waals surface area contributed by atoms with E-state index in [0.29, 0.717) is 17.8 Å². The summed E-state index contributed by atoms with van der Waals surface area (Å²) in [6.45, 7) is 9.00. The van der Waals surface area contributed by atoms with E-state index in [1.807, 2.05) is 0 Å². The predicted molar refractivity (Wildman–Crippen MR) is 67.4 cm³/mol. The van der Waals surface area contributed by atoms with E-state index in [-0.39, 0.29) is 5.75 Å². The van der Waals surface area contributed by atoms with Crippen LogP contribution >= 0.6 is 0 Å². The number of piperazine rings is 1. The van der Waals surface area contributed by atoms with Gasteiger partial charge in [-0.25, -0.2) is 8.42 Å². The summed E-state index contributed by atoms with van der Waals surface area (Å²) < 4.78 is 22.7. The second-order valence-corrected chi connectivity index (χ2v) is 7.16. The Morgan fingerprint density at radius 3 is 2.31 bits per heavy atom. The molecule has 16 heavy (non-hydrogen) atoms. The van der Waals surface area contributed by atoms with E-state index in [1.165, 1.54) is 0 Å². The lowest BCUT2D eigenvalue weighted by Gasteiger charge is -2.39. The highest BCUT2D eigenvalue weighted by molar-refractivity contribution is 7.91. The van der Waals surface area contributed by atoms with Crippen molar-refractivity contribution in [2.75, 3.05) is 31.1 Å². The van der Waals surface area contributed by atoms with Crippen LogP contribution in [0.25, 0.3) is 0 Å². The van der Waals surface area contributed by atoms with Crippen molar-refractivity contribution >= 4 is 9.84 Å². The molecule has 5 heteroatoms.